The van der Waals surface area contributed by atoms with Crippen LogP contribution in [-0.2, 0) is 4.74 Å². The molecule has 0 spiro atoms. The molecule has 1 aliphatic heterocycles. The fourth-order valence-corrected chi connectivity index (χ4v) is 3.63. The van der Waals surface area contributed by atoms with Crippen molar-refractivity contribution in [1.82, 2.24) is 5.32 Å². The van der Waals surface area contributed by atoms with Gasteiger partial charge in [-0.2, -0.15) is 0 Å². The molecule has 4 heteroatoms. The maximum Gasteiger partial charge on any atom is 0.251 e. The molecule has 1 amide bonds. The molecule has 2 aromatic carbocycles. The number of nitrogens with one attached hydrogen (secondary N) is 1. The van der Waals surface area contributed by atoms with Crippen molar-refractivity contribution in [3.63, 3.8) is 0 Å². The number of carbonyl (C=O) groups is 1. The first-order valence-electron chi connectivity index (χ1n) is 8.37. The molecule has 3 nitrogen and oxygen atoms in total. The normalized spacial score (nSPS) is 17.0. The lowest BCUT2D eigenvalue weighted by Crippen LogP contribution is -2.26. The first-order chi connectivity index (χ1) is 11.8. The molecule has 24 heavy (non-hydrogen) atoms. The summed E-state index contributed by atoms with van der Waals surface area (Å²) in [6.07, 6.45) is 4.17. The van der Waals surface area contributed by atoms with Gasteiger partial charge in [0.15, 0.2) is 0 Å². The molecule has 0 radical (unpaired) electrons. The quantitative estimate of drug-likeness (QED) is 0.799. The van der Waals surface area contributed by atoms with Crippen LogP contribution in [0, 0.1) is 5.92 Å². The standard InChI is InChI=1S/C20H23NO2S/c1-24-19-8-3-2-7-18(19)16-5-4-6-17(13-16)20(22)21-11-9-15-10-12-23-14-15/h2-8,13,15H,9-12,14H2,1H3,(H,21,22)/t15-/m1/s1. The minimum atomic E-state index is -0.00241. The summed E-state index contributed by atoms with van der Waals surface area (Å²) in [4.78, 5) is 13.6. The van der Waals surface area contributed by atoms with Crippen LogP contribution in [0.2, 0.25) is 0 Å². The Balaban J connectivity index is 1.67. The molecule has 0 saturated carbocycles. The fourth-order valence-electron chi connectivity index (χ4n) is 3.01. The number of ether oxygens (including phenoxy) is 1. The number of rotatable bonds is 6. The maximum absolute atomic E-state index is 12.4. The first kappa shape index (κ1) is 17.1. The Kier molecular flexibility index (Phi) is 5.94. The molecule has 1 aliphatic rings. The average Bonchev–Trinajstić information content (AvgIpc) is 3.15. The van der Waals surface area contributed by atoms with Crippen molar-refractivity contribution >= 4 is 17.7 Å². The second-order valence-electron chi connectivity index (χ2n) is 6.06. The second kappa shape index (κ2) is 8.36. The second-order valence-corrected chi connectivity index (χ2v) is 6.90. The topological polar surface area (TPSA) is 38.3 Å². The summed E-state index contributed by atoms with van der Waals surface area (Å²) in [6, 6.07) is 16.1. The third-order valence-electron chi connectivity index (χ3n) is 4.40. The summed E-state index contributed by atoms with van der Waals surface area (Å²) in [7, 11) is 0. The van der Waals surface area contributed by atoms with Crippen molar-refractivity contribution in [3.8, 4) is 11.1 Å². The fraction of sp³-hybridized carbons (Fsp3) is 0.350. The molecule has 1 heterocycles. The SMILES string of the molecule is CSc1ccccc1-c1cccc(C(=O)NCC[C@@H]2CCOC2)c1. The molecule has 0 unspecified atom stereocenters. The lowest BCUT2D eigenvalue weighted by atomic mass is 10.0. The number of hydrogen-bond donors (Lipinski definition) is 1. The van der Waals surface area contributed by atoms with Crippen LogP contribution >= 0.6 is 11.8 Å². The van der Waals surface area contributed by atoms with E-state index in [1.807, 2.05) is 30.3 Å². The molecule has 0 aromatic heterocycles. The summed E-state index contributed by atoms with van der Waals surface area (Å²) in [5.41, 5.74) is 2.96. The van der Waals surface area contributed by atoms with E-state index < -0.39 is 0 Å². The summed E-state index contributed by atoms with van der Waals surface area (Å²) in [6.45, 7) is 2.39. The highest BCUT2D eigenvalue weighted by Crippen LogP contribution is 2.30. The van der Waals surface area contributed by atoms with Gasteiger partial charge in [0, 0.05) is 30.2 Å². The van der Waals surface area contributed by atoms with Gasteiger partial charge in [-0.3, -0.25) is 4.79 Å². The third-order valence-corrected chi connectivity index (χ3v) is 5.20. The van der Waals surface area contributed by atoms with E-state index >= 15 is 0 Å². The average molecular weight is 341 g/mol. The van der Waals surface area contributed by atoms with Crippen LogP contribution in [0.4, 0.5) is 0 Å². The summed E-state index contributed by atoms with van der Waals surface area (Å²) in [5.74, 6) is 0.586. The monoisotopic (exact) mass is 341 g/mol. The van der Waals surface area contributed by atoms with Crippen molar-refractivity contribution < 1.29 is 9.53 Å². The van der Waals surface area contributed by atoms with Gasteiger partial charge in [0.25, 0.3) is 5.91 Å². The molecule has 0 aliphatic carbocycles. The zero-order valence-electron chi connectivity index (χ0n) is 14.0. The van der Waals surface area contributed by atoms with E-state index in [-0.39, 0.29) is 5.91 Å². The predicted octanol–water partition coefficient (Wildman–Crippen LogP) is 4.23. The zero-order chi connectivity index (χ0) is 16.8. The minimum Gasteiger partial charge on any atom is -0.381 e. The van der Waals surface area contributed by atoms with Gasteiger partial charge in [0.1, 0.15) is 0 Å². The van der Waals surface area contributed by atoms with Gasteiger partial charge in [-0.15, -0.1) is 11.8 Å². The summed E-state index contributed by atoms with van der Waals surface area (Å²) in [5, 5.41) is 3.03. The van der Waals surface area contributed by atoms with Gasteiger partial charge in [-0.05, 0) is 54.3 Å². The summed E-state index contributed by atoms with van der Waals surface area (Å²) < 4.78 is 5.37. The Bertz CT molecular complexity index is 696. The molecule has 1 fully saturated rings. The Labute approximate surface area is 147 Å². The van der Waals surface area contributed by atoms with Crippen molar-refractivity contribution in [3.05, 3.63) is 54.1 Å². The van der Waals surface area contributed by atoms with Gasteiger partial charge in [0.05, 0.1) is 0 Å². The van der Waals surface area contributed by atoms with E-state index in [1.54, 1.807) is 11.8 Å². The molecular weight excluding hydrogens is 318 g/mol. The van der Waals surface area contributed by atoms with Crippen LogP contribution in [0.3, 0.4) is 0 Å². The Hall–Kier alpha value is -1.78. The van der Waals surface area contributed by atoms with Crippen molar-refractivity contribution in [2.24, 2.45) is 5.92 Å². The molecule has 2 aromatic rings. The number of benzene rings is 2. The minimum absolute atomic E-state index is 0.00241. The van der Waals surface area contributed by atoms with Gasteiger partial charge >= 0.3 is 0 Å². The predicted molar refractivity (Wildman–Crippen MR) is 99.5 cm³/mol. The smallest absolute Gasteiger partial charge is 0.251 e. The largest absolute Gasteiger partial charge is 0.381 e. The van der Waals surface area contributed by atoms with Crippen LogP contribution in [0.15, 0.2) is 53.4 Å². The molecule has 1 atom stereocenters. The molecule has 1 N–H and O–H groups in total. The van der Waals surface area contributed by atoms with Crippen molar-refractivity contribution in [2.45, 2.75) is 17.7 Å². The van der Waals surface area contributed by atoms with E-state index in [4.69, 9.17) is 4.74 Å². The molecule has 126 valence electrons. The van der Waals surface area contributed by atoms with Gasteiger partial charge in [0.2, 0.25) is 0 Å². The van der Waals surface area contributed by atoms with E-state index in [0.717, 1.165) is 31.6 Å². The van der Waals surface area contributed by atoms with Crippen LogP contribution in [0.25, 0.3) is 11.1 Å². The first-order valence-corrected chi connectivity index (χ1v) is 9.60. The number of hydrogen-bond acceptors (Lipinski definition) is 3. The molecule has 1 saturated heterocycles. The molecule has 0 bridgehead atoms. The number of carbonyl (C=O) groups excluding carboxylic acids is 1. The van der Waals surface area contributed by atoms with Gasteiger partial charge in [-0.1, -0.05) is 30.3 Å². The van der Waals surface area contributed by atoms with E-state index in [2.05, 4.69) is 29.8 Å². The molecule has 3 rings (SSSR count). The van der Waals surface area contributed by atoms with Gasteiger partial charge < -0.3 is 10.1 Å². The highest BCUT2D eigenvalue weighted by molar-refractivity contribution is 7.98. The Morgan fingerprint density at radius 2 is 2.12 bits per heavy atom. The number of amides is 1. The molecular formula is C20H23NO2S. The van der Waals surface area contributed by atoms with Crippen LogP contribution in [-0.4, -0.2) is 31.9 Å². The van der Waals surface area contributed by atoms with E-state index in [0.29, 0.717) is 18.0 Å². The van der Waals surface area contributed by atoms with Crippen molar-refractivity contribution in [2.75, 3.05) is 26.0 Å². The highest BCUT2D eigenvalue weighted by Gasteiger charge is 2.15. The van der Waals surface area contributed by atoms with E-state index in [1.165, 1.54) is 10.5 Å². The van der Waals surface area contributed by atoms with Crippen LogP contribution in [0.1, 0.15) is 23.2 Å². The number of thioether (sulfide) groups is 1. The third kappa shape index (κ3) is 4.19. The van der Waals surface area contributed by atoms with E-state index in [9.17, 15) is 4.79 Å². The Morgan fingerprint density at radius 3 is 2.92 bits per heavy atom. The van der Waals surface area contributed by atoms with Crippen LogP contribution in [0.5, 0.6) is 0 Å². The highest BCUT2D eigenvalue weighted by atomic mass is 32.2. The lowest BCUT2D eigenvalue weighted by Gasteiger charge is -2.11. The van der Waals surface area contributed by atoms with Crippen molar-refractivity contribution in [1.29, 1.82) is 0 Å². The summed E-state index contributed by atoms with van der Waals surface area (Å²) >= 11 is 1.72. The zero-order valence-corrected chi connectivity index (χ0v) is 14.8. The van der Waals surface area contributed by atoms with Gasteiger partial charge in [-0.25, -0.2) is 0 Å². The van der Waals surface area contributed by atoms with Crippen LogP contribution < -0.4 is 5.32 Å². The maximum atomic E-state index is 12.4. The lowest BCUT2D eigenvalue weighted by molar-refractivity contribution is 0.0950. The Morgan fingerprint density at radius 1 is 1.25 bits per heavy atom.